The maximum absolute atomic E-state index is 9.22. The van der Waals surface area contributed by atoms with Crippen LogP contribution in [0.1, 0.15) is 11.0 Å². The summed E-state index contributed by atoms with van der Waals surface area (Å²) in [7, 11) is 0. The minimum absolute atomic E-state index is 0.00557. The molecule has 3 aromatic heterocycles. The first-order valence-corrected chi connectivity index (χ1v) is 18.9. The van der Waals surface area contributed by atoms with Gasteiger partial charge in [-0.15, -0.1) is 0 Å². The van der Waals surface area contributed by atoms with Gasteiger partial charge in [-0.3, -0.25) is 0 Å². The number of hydrogen-bond donors (Lipinski definition) is 0. The van der Waals surface area contributed by atoms with Crippen LogP contribution >= 0.6 is 0 Å². The number of hydrogen-bond acceptors (Lipinski definition) is 4. The third kappa shape index (κ3) is 5.14. The largest absolute Gasteiger partial charge is 0.455 e. The van der Waals surface area contributed by atoms with E-state index in [-0.39, 0.29) is 33.9 Å². The summed E-state index contributed by atoms with van der Waals surface area (Å²) in [6, 6.07) is 44.0. The van der Waals surface area contributed by atoms with Crippen LogP contribution in [0.15, 0.2) is 198 Å². The molecule has 3 heterocycles. The van der Waals surface area contributed by atoms with Gasteiger partial charge in [0.25, 0.3) is 0 Å². The minimum atomic E-state index is -0.500. The number of rotatable bonds is 5. The van der Waals surface area contributed by atoms with Crippen LogP contribution < -0.4 is 0 Å². The first-order chi connectivity index (χ1) is 32.0. The van der Waals surface area contributed by atoms with Gasteiger partial charge >= 0.3 is 0 Å². The molecule has 0 atom stereocenters. The molecule has 270 valence electrons. The van der Waals surface area contributed by atoms with Gasteiger partial charge in [-0.05, 0) is 69.5 Å². The van der Waals surface area contributed by atoms with Crippen LogP contribution in [0.5, 0.6) is 0 Å². The molecule has 5 nitrogen and oxygen atoms in total. The zero-order valence-electron chi connectivity index (χ0n) is 38.6. The molecule has 0 spiro atoms. The summed E-state index contributed by atoms with van der Waals surface area (Å²) in [5.74, 6) is 1.48. The molecule has 0 saturated carbocycles. The van der Waals surface area contributed by atoms with Gasteiger partial charge in [-0.2, -0.15) is 0 Å². The molecule has 0 aliphatic rings. The van der Waals surface area contributed by atoms with Gasteiger partial charge in [0.15, 0.2) is 17.5 Å². The zero-order chi connectivity index (χ0) is 45.1. The maximum atomic E-state index is 9.22. The average molecular weight is 749 g/mol. The number of para-hydroxylation sites is 2. The Kier molecular flexibility index (Phi) is 5.60. The van der Waals surface area contributed by atoms with Crippen LogP contribution in [0.2, 0.25) is 0 Å². The van der Waals surface area contributed by atoms with E-state index >= 15 is 0 Å². The number of nitrogens with zero attached hydrogens (tertiary/aromatic N) is 4. The van der Waals surface area contributed by atoms with Crippen LogP contribution in [0, 0.1) is 0 Å². The first kappa shape index (κ1) is 25.3. The summed E-state index contributed by atoms with van der Waals surface area (Å²) >= 11 is 0. The van der Waals surface area contributed by atoms with Crippen molar-refractivity contribution in [3.63, 3.8) is 0 Å². The van der Waals surface area contributed by atoms with Crippen molar-refractivity contribution in [2.45, 2.75) is 0 Å². The molecule has 0 amide bonds. The van der Waals surface area contributed by atoms with Gasteiger partial charge in [0.2, 0.25) is 0 Å². The molecular weight excluding hydrogens is 709 g/mol. The minimum Gasteiger partial charge on any atom is -0.455 e. The summed E-state index contributed by atoms with van der Waals surface area (Å²) in [5, 5.41) is 5.68. The van der Waals surface area contributed by atoms with Crippen molar-refractivity contribution in [1.82, 2.24) is 19.5 Å². The van der Waals surface area contributed by atoms with E-state index in [1.807, 2.05) is 109 Å². The number of fused-ring (bicyclic) bond motifs is 9. The molecule has 0 N–H and O–H groups in total. The highest BCUT2D eigenvalue weighted by molar-refractivity contribution is 6.14. The predicted molar refractivity (Wildman–Crippen MR) is 238 cm³/mol. The zero-order valence-corrected chi connectivity index (χ0v) is 30.6. The summed E-state index contributed by atoms with van der Waals surface area (Å²) in [4.78, 5) is 14.8. The quantitative estimate of drug-likeness (QED) is 0.164. The number of benzene rings is 9. The van der Waals surface area contributed by atoms with E-state index < -0.39 is 36.3 Å². The Morgan fingerprint density at radius 2 is 0.983 bits per heavy atom. The van der Waals surface area contributed by atoms with Crippen molar-refractivity contribution in [1.29, 1.82) is 0 Å². The van der Waals surface area contributed by atoms with Crippen molar-refractivity contribution in [3.05, 3.63) is 194 Å². The molecule has 0 aliphatic heterocycles. The molecule has 0 saturated heterocycles. The fourth-order valence-electron chi connectivity index (χ4n) is 8.14. The van der Waals surface area contributed by atoms with Crippen molar-refractivity contribution in [2.75, 3.05) is 0 Å². The molecule has 0 unspecified atom stereocenters. The van der Waals surface area contributed by atoms with Crippen molar-refractivity contribution in [3.8, 4) is 51.0 Å². The van der Waals surface area contributed by atoms with E-state index in [9.17, 15) is 2.74 Å². The smallest absolute Gasteiger partial charge is 0.164 e. The molecule has 9 aromatic carbocycles. The molecule has 0 bridgehead atoms. The average Bonchev–Trinajstić information content (AvgIpc) is 3.92. The van der Waals surface area contributed by atoms with E-state index in [1.54, 1.807) is 4.57 Å². The summed E-state index contributed by atoms with van der Waals surface area (Å²) in [6.07, 6.45) is 0. The fourth-order valence-corrected chi connectivity index (χ4v) is 8.14. The summed E-state index contributed by atoms with van der Waals surface area (Å²) < 4.78 is 79.6. The SMILES string of the molecule is [2H]c1c([2H])c([2H])c2c(c1[2H])c1c([2H])c([2H])c([2H])c([2H])c1n2-c1cc(-c2ccc3c(ccc4ccccc43)c2)c2oc3cc(-c4nc(-c5ccccc5)nc(-c5ccccc5)n4)ccc3c2c1. The van der Waals surface area contributed by atoms with Crippen LogP contribution in [0.3, 0.4) is 0 Å². The van der Waals surface area contributed by atoms with Gasteiger partial charge in [-0.1, -0.05) is 152 Å². The lowest BCUT2D eigenvalue weighted by molar-refractivity contribution is 0.670. The summed E-state index contributed by atoms with van der Waals surface area (Å²) in [5.41, 5.74) is 5.37. The second-order valence-electron chi connectivity index (χ2n) is 14.2. The molecule has 0 aliphatic carbocycles. The van der Waals surface area contributed by atoms with Gasteiger partial charge in [0.1, 0.15) is 11.2 Å². The van der Waals surface area contributed by atoms with E-state index in [0.717, 1.165) is 43.6 Å². The number of furan rings is 1. The Labute approximate surface area is 344 Å². The normalized spacial score (nSPS) is 13.7. The first-order valence-electron chi connectivity index (χ1n) is 22.9. The second kappa shape index (κ2) is 12.8. The molecule has 12 rings (SSSR count). The third-order valence-corrected chi connectivity index (χ3v) is 10.9. The Morgan fingerprint density at radius 3 is 1.69 bits per heavy atom. The van der Waals surface area contributed by atoms with Gasteiger partial charge < -0.3 is 8.98 Å². The highest BCUT2D eigenvalue weighted by Gasteiger charge is 2.20. The monoisotopic (exact) mass is 748 g/mol. The van der Waals surface area contributed by atoms with Crippen LogP contribution in [-0.2, 0) is 0 Å². The lowest BCUT2D eigenvalue weighted by Gasteiger charge is -2.12. The highest BCUT2D eigenvalue weighted by atomic mass is 16.3. The van der Waals surface area contributed by atoms with E-state index in [0.29, 0.717) is 50.8 Å². The Balaban J connectivity index is 1.16. The highest BCUT2D eigenvalue weighted by Crippen LogP contribution is 2.42. The Morgan fingerprint density at radius 1 is 0.414 bits per heavy atom. The Hall–Kier alpha value is -7.89. The Bertz CT molecular complexity index is 3910. The third-order valence-electron chi connectivity index (χ3n) is 10.9. The molecule has 0 radical (unpaired) electrons. The predicted octanol–water partition coefficient (Wildman–Crippen LogP) is 13.8. The van der Waals surface area contributed by atoms with Crippen molar-refractivity contribution in [2.24, 2.45) is 0 Å². The second-order valence-corrected chi connectivity index (χ2v) is 14.2. The lowest BCUT2D eigenvalue weighted by atomic mass is 9.96. The fraction of sp³-hybridized carbons (Fsp3) is 0. The van der Waals surface area contributed by atoms with Gasteiger partial charge in [0.05, 0.1) is 22.0 Å². The van der Waals surface area contributed by atoms with E-state index in [1.165, 1.54) is 0 Å². The molecular formula is C53H32N4O. The van der Waals surface area contributed by atoms with Crippen molar-refractivity contribution >= 4 is 65.3 Å². The lowest BCUT2D eigenvalue weighted by Crippen LogP contribution is -2.00. The molecule has 5 heteroatoms. The van der Waals surface area contributed by atoms with E-state index in [4.69, 9.17) is 27.6 Å². The molecule has 58 heavy (non-hydrogen) atoms. The van der Waals surface area contributed by atoms with Crippen LogP contribution in [0.4, 0.5) is 0 Å². The van der Waals surface area contributed by atoms with E-state index in [2.05, 4.69) is 36.4 Å². The number of aromatic nitrogens is 4. The van der Waals surface area contributed by atoms with Crippen LogP contribution in [-0.4, -0.2) is 19.5 Å². The molecule has 12 aromatic rings. The maximum Gasteiger partial charge on any atom is 0.164 e. The van der Waals surface area contributed by atoms with Gasteiger partial charge in [-0.25, -0.2) is 15.0 Å². The topological polar surface area (TPSA) is 56.7 Å². The molecule has 0 fully saturated rings. The summed E-state index contributed by atoms with van der Waals surface area (Å²) in [6.45, 7) is 0. The van der Waals surface area contributed by atoms with Crippen molar-refractivity contribution < 1.29 is 15.4 Å². The standard InChI is InChI=1S/C53H32N4O/c1-3-14-34(15-4-1)51-54-52(35-16-5-2-6-17-35)56-53(55-51)38-26-28-44-46-32-39(57-47-21-11-9-19-42(47)43-20-10-12-22-48(43)57)31-45(50(46)58-49(44)30-38)37-25-27-41-36(29-37)24-23-33-13-7-8-18-40(33)41/h1-32H/i9D,10D,11D,12D,19D,20D,21D,22D. The van der Waals surface area contributed by atoms with Gasteiger partial charge in [0, 0.05) is 49.5 Å². The van der Waals surface area contributed by atoms with Crippen LogP contribution in [0.25, 0.3) is 116 Å².